The molecule has 1 fully saturated rings. The van der Waals surface area contributed by atoms with E-state index in [1.807, 2.05) is 0 Å². The number of rotatable bonds is 1. The lowest BCUT2D eigenvalue weighted by atomic mass is 10.1. The van der Waals surface area contributed by atoms with E-state index in [2.05, 4.69) is 6.92 Å². The molecular weight excluding hydrogens is 138 g/mol. The maximum atomic E-state index is 9.02. The van der Waals surface area contributed by atoms with Gasteiger partial charge >= 0.3 is 0 Å². The van der Waals surface area contributed by atoms with Crippen molar-refractivity contribution in [3.8, 4) is 0 Å². The van der Waals surface area contributed by atoms with Crippen LogP contribution in [0.4, 0.5) is 0 Å². The molecule has 0 saturated carbocycles. The predicted octanol–water partition coefficient (Wildman–Crippen LogP) is 1.23. The highest BCUT2D eigenvalue weighted by Gasteiger charge is 2.29. The largest absolute Gasteiger partial charge is 0.286 e. The number of hydrogen-bond acceptors (Lipinski definition) is 3. The fourth-order valence-electron chi connectivity index (χ4n) is 0.924. The van der Waals surface area contributed by atoms with Gasteiger partial charge in [-0.2, -0.15) is 0 Å². The molecule has 56 valence electrons. The zero-order chi connectivity index (χ0) is 7.07. The van der Waals surface area contributed by atoms with Crippen LogP contribution in [-0.2, 0) is 0 Å². The van der Waals surface area contributed by atoms with E-state index < -0.39 is 10.8 Å². The van der Waals surface area contributed by atoms with Crippen LogP contribution in [0.3, 0.4) is 0 Å². The van der Waals surface area contributed by atoms with Crippen LogP contribution in [0.5, 0.6) is 0 Å². The van der Waals surface area contributed by atoms with Crippen molar-refractivity contribution in [3.63, 3.8) is 0 Å². The van der Waals surface area contributed by atoms with Gasteiger partial charge in [-0.05, 0) is 5.92 Å². The fourth-order valence-corrected chi connectivity index (χ4v) is 2.00. The monoisotopic (exact) mass is 151 g/mol. The SMILES string of the molecule is CC1CN(S(C)(O)O)C1. The molecule has 4 heteroatoms. The van der Waals surface area contributed by atoms with Crippen LogP contribution in [0.15, 0.2) is 0 Å². The van der Waals surface area contributed by atoms with Crippen molar-refractivity contribution in [2.24, 2.45) is 5.92 Å². The molecule has 0 atom stereocenters. The van der Waals surface area contributed by atoms with Crippen molar-refractivity contribution in [2.45, 2.75) is 6.92 Å². The summed E-state index contributed by atoms with van der Waals surface area (Å²) in [6, 6.07) is 0. The van der Waals surface area contributed by atoms with Crippen molar-refractivity contribution in [3.05, 3.63) is 0 Å². The summed E-state index contributed by atoms with van der Waals surface area (Å²) in [4.78, 5) is 0. The second-order valence-corrected chi connectivity index (χ2v) is 4.85. The van der Waals surface area contributed by atoms with Crippen molar-refractivity contribution >= 4 is 10.8 Å². The Kier molecular flexibility index (Phi) is 1.73. The van der Waals surface area contributed by atoms with Crippen molar-refractivity contribution in [1.82, 2.24) is 4.31 Å². The molecule has 0 amide bonds. The molecule has 0 aromatic rings. The summed E-state index contributed by atoms with van der Waals surface area (Å²) in [5.74, 6) is 0.635. The number of nitrogens with zero attached hydrogens (tertiary/aromatic N) is 1. The predicted molar refractivity (Wildman–Crippen MR) is 39.5 cm³/mol. The van der Waals surface area contributed by atoms with Gasteiger partial charge in [0.2, 0.25) is 0 Å². The highest BCUT2D eigenvalue weighted by atomic mass is 32.3. The van der Waals surface area contributed by atoms with Gasteiger partial charge < -0.3 is 0 Å². The number of hydrogen-bond donors (Lipinski definition) is 2. The summed E-state index contributed by atoms with van der Waals surface area (Å²) in [7, 11) is -2.37. The second-order valence-electron chi connectivity index (χ2n) is 2.74. The molecule has 0 radical (unpaired) electrons. The normalized spacial score (nSPS) is 25.8. The van der Waals surface area contributed by atoms with Gasteiger partial charge in [-0.1, -0.05) is 6.92 Å². The highest BCUT2D eigenvalue weighted by molar-refractivity contribution is 8.21. The first kappa shape index (κ1) is 7.34. The van der Waals surface area contributed by atoms with Gasteiger partial charge in [0.05, 0.1) is 0 Å². The Morgan fingerprint density at radius 2 is 1.89 bits per heavy atom. The summed E-state index contributed by atoms with van der Waals surface area (Å²) in [6.45, 7) is 3.76. The Morgan fingerprint density at radius 1 is 1.44 bits per heavy atom. The van der Waals surface area contributed by atoms with Gasteiger partial charge in [-0.15, -0.1) is 10.8 Å². The molecule has 1 aliphatic rings. The Balaban J connectivity index is 2.32. The fraction of sp³-hybridized carbons (Fsp3) is 1.00. The van der Waals surface area contributed by atoms with Crippen molar-refractivity contribution in [1.29, 1.82) is 0 Å². The minimum absolute atomic E-state index is 0.635. The third-order valence-electron chi connectivity index (χ3n) is 1.52. The zero-order valence-electron chi connectivity index (χ0n) is 5.74. The molecule has 1 aliphatic heterocycles. The first-order chi connectivity index (χ1) is 4.00. The topological polar surface area (TPSA) is 43.7 Å². The molecule has 1 heterocycles. The smallest absolute Gasteiger partial charge is 0.0418 e. The van der Waals surface area contributed by atoms with E-state index in [4.69, 9.17) is 9.11 Å². The van der Waals surface area contributed by atoms with E-state index in [9.17, 15) is 0 Å². The molecule has 0 aliphatic carbocycles. The molecule has 9 heavy (non-hydrogen) atoms. The Morgan fingerprint density at radius 3 is 2.00 bits per heavy atom. The summed E-state index contributed by atoms with van der Waals surface area (Å²) >= 11 is 0. The van der Waals surface area contributed by atoms with Gasteiger partial charge in [-0.3, -0.25) is 9.11 Å². The Bertz CT molecular complexity index is 106. The minimum Gasteiger partial charge on any atom is -0.286 e. The average Bonchev–Trinajstić information content (AvgIpc) is 1.55. The zero-order valence-corrected chi connectivity index (χ0v) is 6.56. The van der Waals surface area contributed by atoms with Crippen molar-refractivity contribution in [2.75, 3.05) is 19.3 Å². The van der Waals surface area contributed by atoms with Crippen LogP contribution in [-0.4, -0.2) is 32.8 Å². The lowest BCUT2D eigenvalue weighted by molar-refractivity contribution is 0.197. The van der Waals surface area contributed by atoms with E-state index in [1.165, 1.54) is 6.26 Å². The third kappa shape index (κ3) is 1.58. The van der Waals surface area contributed by atoms with E-state index >= 15 is 0 Å². The van der Waals surface area contributed by atoms with Gasteiger partial charge in [0.25, 0.3) is 0 Å². The summed E-state index contributed by atoms with van der Waals surface area (Å²) < 4.78 is 19.7. The molecule has 2 N–H and O–H groups in total. The second kappa shape index (κ2) is 2.12. The quantitative estimate of drug-likeness (QED) is 0.592. The molecule has 0 aromatic carbocycles. The van der Waals surface area contributed by atoms with Gasteiger partial charge in [0, 0.05) is 19.3 Å². The first-order valence-corrected chi connectivity index (χ1v) is 4.89. The van der Waals surface area contributed by atoms with E-state index in [1.54, 1.807) is 4.31 Å². The van der Waals surface area contributed by atoms with E-state index in [0.717, 1.165) is 13.1 Å². The van der Waals surface area contributed by atoms with E-state index in [0.29, 0.717) is 5.92 Å². The van der Waals surface area contributed by atoms with Crippen LogP contribution in [0.1, 0.15) is 6.92 Å². The summed E-state index contributed by atoms with van der Waals surface area (Å²) in [5.41, 5.74) is 0. The Labute approximate surface area is 57.2 Å². The molecular formula is C5H13NO2S. The third-order valence-corrected chi connectivity index (χ3v) is 2.80. The molecule has 1 saturated heterocycles. The maximum absolute atomic E-state index is 9.02. The van der Waals surface area contributed by atoms with Crippen LogP contribution in [0.25, 0.3) is 0 Å². The molecule has 3 nitrogen and oxygen atoms in total. The molecule has 0 unspecified atom stereocenters. The first-order valence-electron chi connectivity index (χ1n) is 2.98. The van der Waals surface area contributed by atoms with Crippen LogP contribution >= 0.6 is 10.8 Å². The average molecular weight is 151 g/mol. The van der Waals surface area contributed by atoms with Crippen LogP contribution < -0.4 is 0 Å². The Hall–Kier alpha value is 0.230. The minimum atomic E-state index is -2.37. The standard InChI is InChI=1S/C5H13NO2S/c1-5-3-6(4-5)9(2,7)8/h5,7-8H,3-4H2,1-2H3. The molecule has 1 rings (SSSR count). The van der Waals surface area contributed by atoms with Crippen LogP contribution in [0.2, 0.25) is 0 Å². The van der Waals surface area contributed by atoms with E-state index in [-0.39, 0.29) is 0 Å². The molecule has 0 bridgehead atoms. The molecule has 0 aromatic heterocycles. The molecule has 0 spiro atoms. The lowest BCUT2D eigenvalue weighted by Crippen LogP contribution is -2.45. The summed E-state index contributed by atoms with van der Waals surface area (Å²) in [5, 5.41) is 0. The summed E-state index contributed by atoms with van der Waals surface area (Å²) in [6.07, 6.45) is 1.47. The highest BCUT2D eigenvalue weighted by Crippen LogP contribution is 2.43. The lowest BCUT2D eigenvalue weighted by Gasteiger charge is -2.48. The van der Waals surface area contributed by atoms with Gasteiger partial charge in [0.1, 0.15) is 0 Å². The van der Waals surface area contributed by atoms with Crippen LogP contribution in [0, 0.1) is 5.92 Å². The van der Waals surface area contributed by atoms with Gasteiger partial charge in [-0.25, -0.2) is 4.31 Å². The van der Waals surface area contributed by atoms with Crippen molar-refractivity contribution < 1.29 is 9.11 Å². The maximum Gasteiger partial charge on any atom is 0.0418 e. The van der Waals surface area contributed by atoms with Gasteiger partial charge in [0.15, 0.2) is 0 Å².